The normalized spacial score (nSPS) is 24.7. The Balaban J connectivity index is 2.12. The van der Waals surface area contributed by atoms with Crippen LogP contribution in [0.15, 0.2) is 41.1 Å². The molecule has 0 aromatic rings. The van der Waals surface area contributed by atoms with Crippen molar-refractivity contribution in [3.63, 3.8) is 0 Å². The Bertz CT molecular complexity index is 319. The summed E-state index contributed by atoms with van der Waals surface area (Å²) < 4.78 is 0. The highest BCUT2D eigenvalue weighted by Crippen LogP contribution is 2.24. The SMILES string of the molecule is CN(C)CC1=CN=C2C=CC=CC12. The Labute approximate surface area is 79.0 Å². The van der Waals surface area contributed by atoms with Crippen LogP contribution in [0.3, 0.4) is 0 Å². The maximum absolute atomic E-state index is 4.38. The quantitative estimate of drug-likeness (QED) is 0.621. The lowest BCUT2D eigenvalue weighted by Crippen LogP contribution is -2.21. The molecule has 1 unspecified atom stereocenters. The molecule has 2 heteroatoms. The number of nitrogens with zero attached hydrogens (tertiary/aromatic N) is 2. The van der Waals surface area contributed by atoms with Crippen molar-refractivity contribution in [2.75, 3.05) is 20.6 Å². The molecule has 0 aromatic heterocycles. The molecule has 1 aliphatic heterocycles. The smallest absolute Gasteiger partial charge is 0.0514 e. The molecule has 0 saturated heterocycles. The number of hydrogen-bond acceptors (Lipinski definition) is 2. The van der Waals surface area contributed by atoms with Crippen LogP contribution in [-0.2, 0) is 0 Å². The van der Waals surface area contributed by atoms with Gasteiger partial charge in [-0.3, -0.25) is 4.99 Å². The first kappa shape index (κ1) is 8.45. The van der Waals surface area contributed by atoms with Crippen molar-refractivity contribution in [1.82, 2.24) is 4.90 Å². The fraction of sp³-hybridized carbons (Fsp3) is 0.364. The first-order valence-corrected chi connectivity index (χ1v) is 4.53. The van der Waals surface area contributed by atoms with Gasteiger partial charge in [-0.15, -0.1) is 0 Å². The van der Waals surface area contributed by atoms with Crippen molar-refractivity contribution in [2.45, 2.75) is 0 Å². The minimum atomic E-state index is 0.437. The minimum absolute atomic E-state index is 0.437. The van der Waals surface area contributed by atoms with Crippen molar-refractivity contribution in [3.8, 4) is 0 Å². The average molecular weight is 174 g/mol. The molecule has 13 heavy (non-hydrogen) atoms. The summed E-state index contributed by atoms with van der Waals surface area (Å²) in [6, 6.07) is 0. The molecule has 0 amide bonds. The van der Waals surface area contributed by atoms with Crippen molar-refractivity contribution in [2.24, 2.45) is 10.9 Å². The predicted octanol–water partition coefficient (Wildman–Crippen LogP) is 1.63. The van der Waals surface area contributed by atoms with Gasteiger partial charge in [0, 0.05) is 18.7 Å². The number of aliphatic imine (C=N–C) groups is 1. The van der Waals surface area contributed by atoms with Gasteiger partial charge in [0.1, 0.15) is 0 Å². The number of fused-ring (bicyclic) bond motifs is 1. The van der Waals surface area contributed by atoms with E-state index in [-0.39, 0.29) is 0 Å². The van der Waals surface area contributed by atoms with Crippen LogP contribution in [0.5, 0.6) is 0 Å². The molecule has 0 aromatic carbocycles. The van der Waals surface area contributed by atoms with Gasteiger partial charge in [-0.1, -0.05) is 18.2 Å². The van der Waals surface area contributed by atoms with Gasteiger partial charge in [-0.25, -0.2) is 0 Å². The number of likely N-dealkylation sites (N-methyl/N-ethyl adjacent to an activating group) is 1. The van der Waals surface area contributed by atoms with Crippen molar-refractivity contribution in [3.05, 3.63) is 36.1 Å². The molecule has 68 valence electrons. The second kappa shape index (κ2) is 3.30. The van der Waals surface area contributed by atoms with E-state index in [4.69, 9.17) is 0 Å². The summed E-state index contributed by atoms with van der Waals surface area (Å²) in [5, 5.41) is 0. The molecule has 1 aliphatic carbocycles. The topological polar surface area (TPSA) is 15.6 Å². The fourth-order valence-corrected chi connectivity index (χ4v) is 1.71. The maximum Gasteiger partial charge on any atom is 0.0514 e. The summed E-state index contributed by atoms with van der Waals surface area (Å²) in [5.41, 5.74) is 2.57. The summed E-state index contributed by atoms with van der Waals surface area (Å²) in [5.74, 6) is 0.437. The summed E-state index contributed by atoms with van der Waals surface area (Å²) in [7, 11) is 4.17. The average Bonchev–Trinajstić information content (AvgIpc) is 2.48. The Morgan fingerprint density at radius 2 is 2.23 bits per heavy atom. The predicted molar refractivity (Wildman–Crippen MR) is 55.8 cm³/mol. The first-order chi connectivity index (χ1) is 6.27. The van der Waals surface area contributed by atoms with Crippen LogP contribution in [0.4, 0.5) is 0 Å². The lowest BCUT2D eigenvalue weighted by molar-refractivity contribution is 0.438. The zero-order valence-electron chi connectivity index (χ0n) is 8.07. The molecule has 2 nitrogen and oxygen atoms in total. The van der Waals surface area contributed by atoms with E-state index in [9.17, 15) is 0 Å². The third-order valence-electron chi connectivity index (χ3n) is 2.28. The largest absolute Gasteiger partial charge is 0.305 e. The highest BCUT2D eigenvalue weighted by Gasteiger charge is 2.21. The Hall–Kier alpha value is -1.15. The van der Waals surface area contributed by atoms with E-state index >= 15 is 0 Å². The van der Waals surface area contributed by atoms with Crippen LogP contribution < -0.4 is 0 Å². The molecular formula is C11H14N2. The van der Waals surface area contributed by atoms with Gasteiger partial charge in [0.05, 0.1) is 5.71 Å². The minimum Gasteiger partial charge on any atom is -0.305 e. The highest BCUT2D eigenvalue weighted by atomic mass is 15.1. The number of allylic oxidation sites excluding steroid dienone is 4. The van der Waals surface area contributed by atoms with E-state index in [0.717, 1.165) is 6.54 Å². The van der Waals surface area contributed by atoms with E-state index in [2.05, 4.69) is 42.2 Å². The lowest BCUT2D eigenvalue weighted by Gasteiger charge is -2.17. The van der Waals surface area contributed by atoms with Crippen molar-refractivity contribution >= 4 is 5.71 Å². The zero-order chi connectivity index (χ0) is 9.26. The molecule has 0 saturated carbocycles. The summed E-state index contributed by atoms with van der Waals surface area (Å²) in [4.78, 5) is 6.56. The number of hydrogen-bond donors (Lipinski definition) is 0. The molecule has 0 spiro atoms. The van der Waals surface area contributed by atoms with Crippen LogP contribution in [-0.4, -0.2) is 31.3 Å². The van der Waals surface area contributed by atoms with E-state index in [0.29, 0.717) is 5.92 Å². The summed E-state index contributed by atoms with van der Waals surface area (Å²) >= 11 is 0. The van der Waals surface area contributed by atoms with E-state index in [1.165, 1.54) is 11.3 Å². The Morgan fingerprint density at radius 3 is 3.00 bits per heavy atom. The molecule has 0 fully saturated rings. The highest BCUT2D eigenvalue weighted by molar-refractivity contribution is 6.03. The van der Waals surface area contributed by atoms with Crippen LogP contribution in [0.2, 0.25) is 0 Å². The first-order valence-electron chi connectivity index (χ1n) is 4.53. The molecule has 0 bridgehead atoms. The molecule has 1 atom stereocenters. The third kappa shape index (κ3) is 1.63. The molecule has 0 N–H and O–H groups in total. The van der Waals surface area contributed by atoms with Gasteiger partial charge < -0.3 is 4.90 Å². The standard InChI is InChI=1S/C11H14N2/c1-13(2)8-9-7-12-11-6-4-3-5-10(9)11/h3-7,10H,8H2,1-2H3. The summed E-state index contributed by atoms with van der Waals surface area (Å²) in [6.07, 6.45) is 10.4. The van der Waals surface area contributed by atoms with E-state index < -0.39 is 0 Å². The van der Waals surface area contributed by atoms with Gasteiger partial charge in [0.2, 0.25) is 0 Å². The Kier molecular flexibility index (Phi) is 2.15. The van der Waals surface area contributed by atoms with Crippen LogP contribution >= 0.6 is 0 Å². The number of rotatable bonds is 2. The molecule has 1 heterocycles. The van der Waals surface area contributed by atoms with Crippen LogP contribution in [0, 0.1) is 5.92 Å². The molecule has 2 rings (SSSR count). The van der Waals surface area contributed by atoms with Crippen molar-refractivity contribution in [1.29, 1.82) is 0 Å². The van der Waals surface area contributed by atoms with Gasteiger partial charge >= 0.3 is 0 Å². The molecular weight excluding hydrogens is 160 g/mol. The van der Waals surface area contributed by atoms with E-state index in [1.54, 1.807) is 0 Å². The maximum atomic E-state index is 4.38. The monoisotopic (exact) mass is 174 g/mol. The van der Waals surface area contributed by atoms with Crippen LogP contribution in [0.25, 0.3) is 0 Å². The van der Waals surface area contributed by atoms with Gasteiger partial charge in [0.25, 0.3) is 0 Å². The van der Waals surface area contributed by atoms with Gasteiger partial charge in [-0.2, -0.15) is 0 Å². The molecule has 0 radical (unpaired) electrons. The lowest BCUT2D eigenvalue weighted by atomic mass is 9.93. The Morgan fingerprint density at radius 1 is 1.38 bits per heavy atom. The van der Waals surface area contributed by atoms with Gasteiger partial charge in [-0.05, 0) is 25.7 Å². The second-order valence-corrected chi connectivity index (χ2v) is 3.72. The van der Waals surface area contributed by atoms with Crippen molar-refractivity contribution < 1.29 is 0 Å². The fourth-order valence-electron chi connectivity index (χ4n) is 1.71. The zero-order valence-corrected chi connectivity index (χ0v) is 8.07. The summed E-state index contributed by atoms with van der Waals surface area (Å²) in [6.45, 7) is 0.996. The molecule has 2 aliphatic rings. The van der Waals surface area contributed by atoms with Gasteiger partial charge in [0.15, 0.2) is 0 Å². The third-order valence-corrected chi connectivity index (χ3v) is 2.28. The van der Waals surface area contributed by atoms with Crippen LogP contribution in [0.1, 0.15) is 0 Å². The van der Waals surface area contributed by atoms with E-state index in [1.807, 2.05) is 12.3 Å². The second-order valence-electron chi connectivity index (χ2n) is 3.72.